The van der Waals surface area contributed by atoms with Crippen molar-refractivity contribution < 1.29 is 38.4 Å². The van der Waals surface area contributed by atoms with Crippen LogP contribution in [0, 0.1) is 23.7 Å². The number of Topliss-reactive ketones (excluding diaryl/α,β-unsaturated/α-hetero) is 1. The van der Waals surface area contributed by atoms with E-state index in [0.29, 0.717) is 17.1 Å². The zero-order chi connectivity index (χ0) is 24.9. The van der Waals surface area contributed by atoms with Gasteiger partial charge in [0.15, 0.2) is 17.3 Å². The molecule has 0 bridgehead atoms. The molecule has 1 aromatic rings. The highest BCUT2D eigenvalue weighted by Gasteiger charge is 2.57. The van der Waals surface area contributed by atoms with Gasteiger partial charge in [-0.15, -0.1) is 0 Å². The molecule has 4 atom stereocenters. The number of ketones is 1. The second-order valence-corrected chi connectivity index (χ2v) is 9.64. The van der Waals surface area contributed by atoms with Crippen LogP contribution >= 0.6 is 0 Å². The average molecular weight is 465 g/mol. The minimum atomic E-state index is -1.71. The molecule has 0 amide bonds. The van der Waals surface area contributed by atoms with Crippen LogP contribution in [-0.4, -0.2) is 55.9 Å². The smallest absolute Gasteiger partial charge is 0.317 e. The molecule has 1 N–H and O–H groups in total. The largest absolute Gasteiger partial charge is 0.493 e. The van der Waals surface area contributed by atoms with E-state index in [1.807, 2.05) is 27.7 Å². The Kier molecular flexibility index (Phi) is 8.89. The van der Waals surface area contributed by atoms with Crippen molar-refractivity contribution in [3.8, 4) is 11.5 Å². The summed E-state index contributed by atoms with van der Waals surface area (Å²) in [6.07, 6.45) is -0.361. The molecule has 0 aliphatic heterocycles. The highest BCUT2D eigenvalue weighted by Crippen LogP contribution is 2.48. The van der Waals surface area contributed by atoms with Gasteiger partial charge in [0.2, 0.25) is 0 Å². The van der Waals surface area contributed by atoms with Crippen LogP contribution in [0.25, 0.3) is 0 Å². The van der Waals surface area contributed by atoms with Gasteiger partial charge in [-0.25, -0.2) is 0 Å². The molecule has 8 heteroatoms. The summed E-state index contributed by atoms with van der Waals surface area (Å²) < 4.78 is 21.6. The monoisotopic (exact) mass is 464 g/mol. The zero-order valence-corrected chi connectivity index (χ0v) is 20.5. The van der Waals surface area contributed by atoms with Crippen molar-refractivity contribution in [3.05, 3.63) is 23.8 Å². The summed E-state index contributed by atoms with van der Waals surface area (Å²) in [5.41, 5.74) is -1.24. The number of benzene rings is 1. The number of carbonyl (C=O) groups is 3. The van der Waals surface area contributed by atoms with E-state index in [1.165, 1.54) is 21.1 Å². The molecule has 184 valence electrons. The van der Waals surface area contributed by atoms with Crippen LogP contribution in [0.3, 0.4) is 0 Å². The number of hydrogen-bond acceptors (Lipinski definition) is 8. The minimum Gasteiger partial charge on any atom is -0.493 e. The van der Waals surface area contributed by atoms with Gasteiger partial charge in [-0.2, -0.15) is 0 Å². The van der Waals surface area contributed by atoms with E-state index in [9.17, 15) is 19.5 Å². The lowest BCUT2D eigenvalue weighted by Crippen LogP contribution is -2.55. The fourth-order valence-electron chi connectivity index (χ4n) is 4.15. The van der Waals surface area contributed by atoms with Gasteiger partial charge in [-0.3, -0.25) is 14.4 Å². The molecular weight excluding hydrogens is 428 g/mol. The molecule has 0 spiro atoms. The van der Waals surface area contributed by atoms with Crippen LogP contribution in [0.5, 0.6) is 11.5 Å². The Hall–Kier alpha value is -2.61. The van der Waals surface area contributed by atoms with E-state index < -0.39 is 41.1 Å². The van der Waals surface area contributed by atoms with Gasteiger partial charge in [0.1, 0.15) is 5.92 Å². The summed E-state index contributed by atoms with van der Waals surface area (Å²) >= 11 is 0. The quantitative estimate of drug-likeness (QED) is 0.439. The predicted octanol–water partition coefficient (Wildman–Crippen LogP) is 3.14. The number of hydrogen-bond donors (Lipinski definition) is 1. The molecule has 0 radical (unpaired) electrons. The lowest BCUT2D eigenvalue weighted by atomic mass is 9.61. The summed E-state index contributed by atoms with van der Waals surface area (Å²) in [5.74, 6) is -4.32. The third kappa shape index (κ3) is 6.25. The standard InChI is InChI=1S/C25H36O8/c1-14(2)12-32-23(27)21-17(26)11-25(5,29)22(24(28)33-13-15(3)4)20(21)16-8-9-18(30-6)19(10-16)31-7/h8-10,14-15,20-22,29H,11-13H2,1-7H3/t20-,21-,22-,25-/m1/s1. The van der Waals surface area contributed by atoms with Gasteiger partial charge in [0.25, 0.3) is 0 Å². The van der Waals surface area contributed by atoms with Crippen molar-refractivity contribution in [3.63, 3.8) is 0 Å². The summed E-state index contributed by atoms with van der Waals surface area (Å²) in [5, 5.41) is 11.2. The van der Waals surface area contributed by atoms with E-state index in [0.717, 1.165) is 0 Å². The molecule has 1 aliphatic rings. The Morgan fingerprint density at radius 2 is 1.55 bits per heavy atom. The normalized spacial score (nSPS) is 25.2. The Labute approximate surface area is 195 Å². The fraction of sp³-hybridized carbons (Fsp3) is 0.640. The van der Waals surface area contributed by atoms with E-state index in [4.69, 9.17) is 18.9 Å². The third-order valence-electron chi connectivity index (χ3n) is 5.69. The van der Waals surface area contributed by atoms with E-state index in [-0.39, 0.29) is 31.5 Å². The minimum absolute atomic E-state index is 0.0714. The third-order valence-corrected chi connectivity index (χ3v) is 5.69. The number of rotatable bonds is 9. The number of methoxy groups -OCH3 is 2. The van der Waals surface area contributed by atoms with Gasteiger partial charge in [-0.05, 0) is 36.5 Å². The maximum atomic E-state index is 13.2. The van der Waals surface area contributed by atoms with Gasteiger partial charge >= 0.3 is 11.9 Å². The molecule has 0 heterocycles. The SMILES string of the molecule is COc1ccc([C@@H]2[C@H](C(=O)OCC(C)C)C(=O)C[C@@](C)(O)[C@H]2C(=O)OCC(C)C)cc1OC. The van der Waals surface area contributed by atoms with Crippen LogP contribution in [0.4, 0.5) is 0 Å². The van der Waals surface area contributed by atoms with Gasteiger partial charge < -0.3 is 24.1 Å². The molecule has 2 rings (SSSR count). The average Bonchev–Trinajstić information content (AvgIpc) is 2.74. The van der Waals surface area contributed by atoms with Gasteiger partial charge in [-0.1, -0.05) is 33.8 Å². The number of aliphatic hydroxyl groups is 1. The van der Waals surface area contributed by atoms with Crippen molar-refractivity contribution in [2.45, 2.75) is 52.6 Å². The predicted molar refractivity (Wildman–Crippen MR) is 121 cm³/mol. The highest BCUT2D eigenvalue weighted by atomic mass is 16.5. The summed E-state index contributed by atoms with van der Waals surface area (Å²) in [6, 6.07) is 4.91. The summed E-state index contributed by atoms with van der Waals surface area (Å²) in [7, 11) is 2.96. The van der Waals surface area contributed by atoms with Crippen molar-refractivity contribution >= 4 is 17.7 Å². The summed E-state index contributed by atoms with van der Waals surface area (Å²) in [4.78, 5) is 39.4. The van der Waals surface area contributed by atoms with Crippen LogP contribution in [0.15, 0.2) is 18.2 Å². The van der Waals surface area contributed by atoms with Crippen LogP contribution in [0.1, 0.15) is 52.5 Å². The second-order valence-electron chi connectivity index (χ2n) is 9.64. The van der Waals surface area contributed by atoms with E-state index in [1.54, 1.807) is 18.2 Å². The Morgan fingerprint density at radius 3 is 2.06 bits per heavy atom. The fourth-order valence-corrected chi connectivity index (χ4v) is 4.15. The van der Waals surface area contributed by atoms with E-state index in [2.05, 4.69) is 0 Å². The van der Waals surface area contributed by atoms with Gasteiger partial charge in [0.05, 0.1) is 39.0 Å². The first-order chi connectivity index (χ1) is 15.4. The molecule has 1 aromatic carbocycles. The second kappa shape index (κ2) is 11.0. The number of esters is 2. The van der Waals surface area contributed by atoms with Crippen LogP contribution in [0.2, 0.25) is 0 Å². The Balaban J connectivity index is 2.61. The van der Waals surface area contributed by atoms with Crippen molar-refractivity contribution in [2.24, 2.45) is 23.7 Å². The number of ether oxygens (including phenoxy) is 4. The van der Waals surface area contributed by atoms with Crippen molar-refractivity contribution in [1.82, 2.24) is 0 Å². The topological polar surface area (TPSA) is 108 Å². The first-order valence-corrected chi connectivity index (χ1v) is 11.2. The molecule has 1 aliphatic carbocycles. The zero-order valence-electron chi connectivity index (χ0n) is 20.5. The van der Waals surface area contributed by atoms with Crippen molar-refractivity contribution in [1.29, 1.82) is 0 Å². The molecule has 1 saturated carbocycles. The lowest BCUT2D eigenvalue weighted by Gasteiger charge is -2.43. The molecule has 0 aromatic heterocycles. The molecule has 33 heavy (non-hydrogen) atoms. The van der Waals surface area contributed by atoms with Crippen LogP contribution < -0.4 is 9.47 Å². The molecule has 1 fully saturated rings. The van der Waals surface area contributed by atoms with Gasteiger partial charge in [0, 0.05) is 12.3 Å². The van der Waals surface area contributed by atoms with Crippen molar-refractivity contribution in [2.75, 3.05) is 27.4 Å². The first kappa shape index (κ1) is 26.6. The molecule has 0 saturated heterocycles. The maximum Gasteiger partial charge on any atom is 0.317 e. The Bertz CT molecular complexity index is 858. The summed E-state index contributed by atoms with van der Waals surface area (Å²) in [6.45, 7) is 9.29. The van der Waals surface area contributed by atoms with Crippen LogP contribution in [-0.2, 0) is 23.9 Å². The molecule has 0 unspecified atom stereocenters. The number of carbonyl (C=O) groups excluding carboxylic acids is 3. The first-order valence-electron chi connectivity index (χ1n) is 11.2. The maximum absolute atomic E-state index is 13.2. The molecular formula is C25H36O8. The highest BCUT2D eigenvalue weighted by molar-refractivity contribution is 6.02. The lowest BCUT2D eigenvalue weighted by molar-refractivity contribution is -0.173. The van der Waals surface area contributed by atoms with E-state index >= 15 is 0 Å². The molecule has 8 nitrogen and oxygen atoms in total. The Morgan fingerprint density at radius 1 is 1.00 bits per heavy atom.